The van der Waals surface area contributed by atoms with Gasteiger partial charge in [0.25, 0.3) is 0 Å². The molecule has 4 aromatic rings. The lowest BCUT2D eigenvalue weighted by Gasteiger charge is -2.14. The van der Waals surface area contributed by atoms with Gasteiger partial charge >= 0.3 is 0 Å². The fraction of sp³-hybridized carbons (Fsp3) is 0.167. The van der Waals surface area contributed by atoms with Crippen LogP contribution in [0.4, 0.5) is 0 Å². The van der Waals surface area contributed by atoms with Gasteiger partial charge in [-0.1, -0.05) is 23.8 Å². The molecule has 0 bridgehead atoms. The van der Waals surface area contributed by atoms with Crippen LogP contribution in [0.2, 0.25) is 0 Å². The fourth-order valence-electron chi connectivity index (χ4n) is 3.80. The molecule has 2 nitrogen and oxygen atoms in total. The van der Waals surface area contributed by atoms with Gasteiger partial charge in [0, 0.05) is 23.8 Å². The molecule has 0 aliphatic heterocycles. The number of benzene rings is 2. The van der Waals surface area contributed by atoms with E-state index in [1.807, 2.05) is 12.4 Å². The van der Waals surface area contributed by atoms with Crippen molar-refractivity contribution < 1.29 is 4.57 Å². The third-order valence-corrected chi connectivity index (χ3v) is 5.25. The SMILES string of the molecule is Cc1cc(C)c(C)c(-c2c(-c3ccncc3)cc3ccccc3[n+]2C)c1. The summed E-state index contributed by atoms with van der Waals surface area (Å²) in [6.07, 6.45) is 3.73. The summed E-state index contributed by atoms with van der Waals surface area (Å²) in [7, 11) is 2.17. The van der Waals surface area contributed by atoms with Crippen molar-refractivity contribution >= 4 is 10.9 Å². The van der Waals surface area contributed by atoms with E-state index in [-0.39, 0.29) is 0 Å². The summed E-state index contributed by atoms with van der Waals surface area (Å²) >= 11 is 0. The van der Waals surface area contributed by atoms with Crippen LogP contribution >= 0.6 is 0 Å². The molecule has 0 amide bonds. The first kappa shape index (κ1) is 16.5. The molecule has 0 atom stereocenters. The minimum atomic E-state index is 1.19. The van der Waals surface area contributed by atoms with Crippen LogP contribution in [0.5, 0.6) is 0 Å². The molecule has 0 N–H and O–H groups in total. The van der Waals surface area contributed by atoms with Crippen LogP contribution in [0.25, 0.3) is 33.3 Å². The van der Waals surface area contributed by atoms with Crippen LogP contribution in [0.3, 0.4) is 0 Å². The Balaban J connectivity index is 2.16. The number of rotatable bonds is 2. The van der Waals surface area contributed by atoms with Crippen LogP contribution in [0.1, 0.15) is 16.7 Å². The lowest BCUT2D eigenvalue weighted by molar-refractivity contribution is -0.633. The predicted molar refractivity (Wildman–Crippen MR) is 108 cm³/mol. The number of aryl methyl sites for hydroxylation is 3. The molecule has 0 unspecified atom stereocenters. The molecule has 0 aliphatic rings. The van der Waals surface area contributed by atoms with Crippen LogP contribution in [0, 0.1) is 20.8 Å². The van der Waals surface area contributed by atoms with Crippen LogP contribution in [-0.4, -0.2) is 4.98 Å². The van der Waals surface area contributed by atoms with Gasteiger partial charge in [0.1, 0.15) is 7.05 Å². The highest BCUT2D eigenvalue weighted by Crippen LogP contribution is 2.34. The molecule has 0 aliphatic carbocycles. The lowest BCUT2D eigenvalue weighted by Crippen LogP contribution is -2.33. The Morgan fingerprint density at radius 2 is 1.54 bits per heavy atom. The molecule has 2 heteroatoms. The first-order chi connectivity index (χ1) is 12.6. The second-order valence-electron chi connectivity index (χ2n) is 7.01. The summed E-state index contributed by atoms with van der Waals surface area (Å²) in [6.45, 7) is 6.58. The predicted octanol–water partition coefficient (Wildman–Crippen LogP) is 5.32. The van der Waals surface area contributed by atoms with E-state index in [1.54, 1.807) is 0 Å². The number of hydrogen-bond acceptors (Lipinski definition) is 1. The normalized spacial score (nSPS) is 11.1. The molecule has 4 rings (SSSR count). The molecule has 2 heterocycles. The highest BCUT2D eigenvalue weighted by atomic mass is 14.9. The summed E-state index contributed by atoms with van der Waals surface area (Å²) in [5.74, 6) is 0. The third-order valence-electron chi connectivity index (χ3n) is 5.25. The molecule has 0 fully saturated rings. The Kier molecular flexibility index (Phi) is 4.04. The maximum absolute atomic E-state index is 4.20. The highest BCUT2D eigenvalue weighted by molar-refractivity contribution is 5.89. The summed E-state index contributed by atoms with van der Waals surface area (Å²) in [6, 6.07) is 19.6. The Morgan fingerprint density at radius 3 is 2.31 bits per heavy atom. The van der Waals surface area contributed by atoms with E-state index in [9.17, 15) is 0 Å². The van der Waals surface area contributed by atoms with E-state index in [0.717, 1.165) is 0 Å². The van der Waals surface area contributed by atoms with Crippen LogP contribution in [-0.2, 0) is 7.05 Å². The van der Waals surface area contributed by atoms with Gasteiger partial charge in [-0.05, 0) is 67.8 Å². The van der Waals surface area contributed by atoms with Gasteiger partial charge in [0.05, 0.1) is 11.1 Å². The topological polar surface area (TPSA) is 16.8 Å². The molecule has 0 saturated carbocycles. The van der Waals surface area contributed by atoms with Crippen molar-refractivity contribution in [2.75, 3.05) is 0 Å². The lowest BCUT2D eigenvalue weighted by atomic mass is 9.92. The first-order valence-electron chi connectivity index (χ1n) is 8.96. The zero-order valence-electron chi connectivity index (χ0n) is 15.7. The zero-order chi connectivity index (χ0) is 18.3. The standard InChI is InChI=1S/C24H23N2/c1-16-13-17(2)18(3)21(14-16)24-22(19-9-11-25-12-10-19)15-20-7-5-6-8-23(20)26(24)4/h5-15H,1-4H3/q+1. The number of aromatic nitrogens is 2. The number of para-hydroxylation sites is 1. The first-order valence-corrected chi connectivity index (χ1v) is 8.96. The molecule has 0 radical (unpaired) electrons. The van der Waals surface area contributed by atoms with Crippen molar-refractivity contribution in [3.8, 4) is 22.4 Å². The summed E-state index contributed by atoms with van der Waals surface area (Å²) in [5, 5.41) is 1.24. The molecule has 128 valence electrons. The maximum atomic E-state index is 4.20. The highest BCUT2D eigenvalue weighted by Gasteiger charge is 2.23. The van der Waals surface area contributed by atoms with E-state index in [4.69, 9.17) is 0 Å². The third kappa shape index (κ3) is 2.68. The Labute approximate surface area is 154 Å². The monoisotopic (exact) mass is 339 g/mol. The van der Waals surface area contributed by atoms with E-state index in [1.165, 1.54) is 50.0 Å². The molecule has 2 aromatic carbocycles. The minimum absolute atomic E-state index is 1.19. The Bertz CT molecular complexity index is 1110. The van der Waals surface area contributed by atoms with Crippen molar-refractivity contribution in [3.05, 3.63) is 83.7 Å². The van der Waals surface area contributed by atoms with Crippen LogP contribution < -0.4 is 4.57 Å². The quantitative estimate of drug-likeness (QED) is 0.452. The van der Waals surface area contributed by atoms with Crippen LogP contribution in [0.15, 0.2) is 67.0 Å². The molecular formula is C24H23N2+. The van der Waals surface area contributed by atoms with Gasteiger partial charge < -0.3 is 0 Å². The molecular weight excluding hydrogens is 316 g/mol. The van der Waals surface area contributed by atoms with Gasteiger partial charge in [-0.15, -0.1) is 0 Å². The summed E-state index contributed by atoms with van der Waals surface area (Å²) < 4.78 is 2.33. The molecule has 0 saturated heterocycles. The van der Waals surface area contributed by atoms with Gasteiger partial charge in [0.2, 0.25) is 11.2 Å². The smallest absolute Gasteiger partial charge is 0.220 e. The van der Waals surface area contributed by atoms with E-state index >= 15 is 0 Å². The van der Waals surface area contributed by atoms with Gasteiger partial charge in [0.15, 0.2) is 0 Å². The largest absolute Gasteiger partial charge is 0.265 e. The molecule has 0 spiro atoms. The second kappa shape index (κ2) is 6.38. The van der Waals surface area contributed by atoms with Gasteiger partial charge in [-0.2, -0.15) is 4.57 Å². The van der Waals surface area contributed by atoms with Crippen molar-refractivity contribution in [1.29, 1.82) is 0 Å². The summed E-state index contributed by atoms with van der Waals surface area (Å²) in [5.41, 5.74) is 10.2. The van der Waals surface area contributed by atoms with Crippen molar-refractivity contribution in [3.63, 3.8) is 0 Å². The number of hydrogen-bond donors (Lipinski definition) is 0. The van der Waals surface area contributed by atoms with Crippen molar-refractivity contribution in [2.24, 2.45) is 7.05 Å². The van der Waals surface area contributed by atoms with Gasteiger partial charge in [-0.3, -0.25) is 4.98 Å². The number of fused-ring (bicyclic) bond motifs is 1. The van der Waals surface area contributed by atoms with Crippen molar-refractivity contribution in [1.82, 2.24) is 4.98 Å². The minimum Gasteiger partial charge on any atom is -0.265 e. The number of pyridine rings is 2. The van der Waals surface area contributed by atoms with Crippen molar-refractivity contribution in [2.45, 2.75) is 20.8 Å². The van der Waals surface area contributed by atoms with E-state index in [0.29, 0.717) is 0 Å². The van der Waals surface area contributed by atoms with E-state index in [2.05, 4.69) is 92.0 Å². The molecule has 26 heavy (non-hydrogen) atoms. The second-order valence-corrected chi connectivity index (χ2v) is 7.01. The average molecular weight is 339 g/mol. The summed E-state index contributed by atoms with van der Waals surface area (Å²) in [4.78, 5) is 4.20. The van der Waals surface area contributed by atoms with Gasteiger partial charge in [-0.25, -0.2) is 0 Å². The zero-order valence-corrected chi connectivity index (χ0v) is 15.7. The average Bonchev–Trinajstić information content (AvgIpc) is 2.65. The Hall–Kier alpha value is -3.00. The molecule has 2 aromatic heterocycles. The number of nitrogens with zero attached hydrogens (tertiary/aromatic N) is 2. The fourth-order valence-corrected chi connectivity index (χ4v) is 3.80. The maximum Gasteiger partial charge on any atom is 0.220 e. The van der Waals surface area contributed by atoms with E-state index < -0.39 is 0 Å². The Morgan fingerprint density at radius 1 is 0.808 bits per heavy atom.